The summed E-state index contributed by atoms with van der Waals surface area (Å²) >= 11 is 0. The van der Waals surface area contributed by atoms with Crippen molar-refractivity contribution in [1.29, 1.82) is 0 Å². The van der Waals surface area contributed by atoms with E-state index in [2.05, 4.69) is 26.3 Å². The number of carboxylic acids is 2. The van der Waals surface area contributed by atoms with Crippen LogP contribution in [-0.2, 0) is 28.8 Å². The van der Waals surface area contributed by atoms with Crippen molar-refractivity contribution in [3.8, 4) is 0 Å². The maximum absolute atomic E-state index is 12.7. The summed E-state index contributed by atoms with van der Waals surface area (Å²) in [7, 11) is 0. The Morgan fingerprint density at radius 2 is 1.49 bits per heavy atom. The van der Waals surface area contributed by atoms with Gasteiger partial charge in [0.15, 0.2) is 5.96 Å². The third kappa shape index (κ3) is 14.9. The number of nitrogens with one attached hydrogen (secondary N) is 4. The highest BCUT2D eigenvalue weighted by Crippen LogP contribution is 2.06. The van der Waals surface area contributed by atoms with Gasteiger partial charge in [-0.2, -0.15) is 0 Å². The Kier molecular flexibility index (Phi) is 14.9. The van der Waals surface area contributed by atoms with E-state index < -0.39 is 72.7 Å². The Balaban J connectivity index is 4.86. The molecule has 210 valence electrons. The molecule has 0 saturated heterocycles. The van der Waals surface area contributed by atoms with E-state index in [-0.39, 0.29) is 31.3 Å². The molecule has 0 saturated carbocycles. The van der Waals surface area contributed by atoms with E-state index >= 15 is 0 Å². The zero-order chi connectivity index (χ0) is 28.7. The minimum atomic E-state index is -1.36. The van der Waals surface area contributed by atoms with Crippen LogP contribution >= 0.6 is 0 Å². The first-order chi connectivity index (χ1) is 17.1. The van der Waals surface area contributed by atoms with E-state index in [0.29, 0.717) is 6.42 Å². The van der Waals surface area contributed by atoms with Gasteiger partial charge in [-0.05, 0) is 32.1 Å². The van der Waals surface area contributed by atoms with Gasteiger partial charge in [-0.3, -0.25) is 29.0 Å². The third-order valence-electron chi connectivity index (χ3n) is 4.83. The molecule has 0 aromatic heterocycles. The second kappa shape index (κ2) is 16.7. The minimum absolute atomic E-state index is 0.0405. The first-order valence-corrected chi connectivity index (χ1v) is 11.6. The summed E-state index contributed by atoms with van der Waals surface area (Å²) < 4.78 is 0. The van der Waals surface area contributed by atoms with Crippen molar-refractivity contribution in [2.75, 3.05) is 13.1 Å². The van der Waals surface area contributed by atoms with Crippen LogP contribution in [0.15, 0.2) is 4.99 Å². The third-order valence-corrected chi connectivity index (χ3v) is 4.83. The summed E-state index contributed by atoms with van der Waals surface area (Å²) in [5, 5.41) is 27.4. The van der Waals surface area contributed by atoms with Gasteiger partial charge in [0, 0.05) is 6.54 Å². The van der Waals surface area contributed by atoms with Crippen LogP contribution in [0.2, 0.25) is 0 Å². The van der Waals surface area contributed by atoms with Crippen LogP contribution in [0.25, 0.3) is 0 Å². The maximum Gasteiger partial charge on any atom is 0.326 e. The van der Waals surface area contributed by atoms with Crippen LogP contribution in [0.5, 0.6) is 0 Å². The number of carbonyl (C=O) groups is 6. The van der Waals surface area contributed by atoms with Gasteiger partial charge in [-0.1, -0.05) is 13.8 Å². The zero-order valence-corrected chi connectivity index (χ0v) is 21.2. The van der Waals surface area contributed by atoms with E-state index in [0.717, 1.165) is 0 Å². The number of hydrogen-bond donors (Lipinski definition) is 9. The van der Waals surface area contributed by atoms with Crippen molar-refractivity contribution in [3.05, 3.63) is 0 Å². The average Bonchev–Trinajstić information content (AvgIpc) is 2.77. The maximum atomic E-state index is 12.7. The molecule has 0 aliphatic rings. The van der Waals surface area contributed by atoms with E-state index in [1.54, 1.807) is 13.8 Å². The van der Waals surface area contributed by atoms with E-state index in [1.807, 2.05) is 0 Å². The van der Waals surface area contributed by atoms with Gasteiger partial charge in [0.05, 0.1) is 19.0 Å². The van der Waals surface area contributed by atoms with Gasteiger partial charge >= 0.3 is 11.9 Å². The Bertz CT molecular complexity index is 859. The number of nitrogens with two attached hydrogens (primary N) is 3. The van der Waals surface area contributed by atoms with Crippen molar-refractivity contribution in [2.45, 2.75) is 70.6 Å². The number of aliphatic carboxylic acids is 2. The molecule has 0 aromatic rings. The van der Waals surface area contributed by atoms with Crippen molar-refractivity contribution >= 4 is 41.5 Å². The second-order valence-corrected chi connectivity index (χ2v) is 8.75. The normalized spacial score (nSPS) is 13.9. The fourth-order valence-corrected chi connectivity index (χ4v) is 2.97. The molecule has 0 aromatic carbocycles. The van der Waals surface area contributed by atoms with E-state index in [1.165, 1.54) is 6.92 Å². The highest BCUT2D eigenvalue weighted by molar-refractivity contribution is 5.94. The predicted octanol–water partition coefficient (Wildman–Crippen LogP) is -3.44. The molecular weight excluding hydrogens is 492 g/mol. The van der Waals surface area contributed by atoms with Crippen LogP contribution in [0.3, 0.4) is 0 Å². The highest BCUT2D eigenvalue weighted by atomic mass is 16.4. The lowest BCUT2D eigenvalue weighted by Crippen LogP contribution is -2.56. The van der Waals surface area contributed by atoms with Gasteiger partial charge in [0.25, 0.3) is 0 Å². The highest BCUT2D eigenvalue weighted by Gasteiger charge is 2.28. The summed E-state index contributed by atoms with van der Waals surface area (Å²) in [6, 6.07) is -4.78. The number of carbonyl (C=O) groups excluding carboxylic acids is 4. The minimum Gasteiger partial charge on any atom is -0.481 e. The lowest BCUT2D eigenvalue weighted by atomic mass is 10.0. The molecule has 0 spiro atoms. The topological polar surface area (TPSA) is 281 Å². The number of hydrogen-bond acceptors (Lipinski definition) is 8. The van der Waals surface area contributed by atoms with Crippen LogP contribution in [0, 0.1) is 5.92 Å². The summed E-state index contributed by atoms with van der Waals surface area (Å²) in [4.78, 5) is 75.1. The molecule has 0 bridgehead atoms. The van der Waals surface area contributed by atoms with Crippen LogP contribution in [-0.4, -0.2) is 89.0 Å². The van der Waals surface area contributed by atoms with Crippen LogP contribution in [0.1, 0.15) is 46.5 Å². The van der Waals surface area contributed by atoms with Crippen molar-refractivity contribution in [2.24, 2.45) is 28.1 Å². The lowest BCUT2D eigenvalue weighted by Gasteiger charge is -2.23. The number of rotatable bonds is 17. The first kappa shape index (κ1) is 33.0. The molecule has 0 radical (unpaired) electrons. The summed E-state index contributed by atoms with van der Waals surface area (Å²) in [5.41, 5.74) is 15.9. The summed E-state index contributed by atoms with van der Waals surface area (Å²) in [5.74, 6) is -5.76. The number of carboxylic acid groups (broad SMARTS) is 2. The number of guanidine groups is 1. The molecule has 16 heteroatoms. The first-order valence-electron chi connectivity index (χ1n) is 11.6. The van der Waals surface area contributed by atoms with Crippen molar-refractivity contribution in [1.82, 2.24) is 21.3 Å². The molecule has 0 rings (SSSR count). The van der Waals surface area contributed by atoms with Gasteiger partial charge in [-0.15, -0.1) is 0 Å². The van der Waals surface area contributed by atoms with Crippen molar-refractivity contribution < 1.29 is 39.0 Å². The largest absolute Gasteiger partial charge is 0.481 e. The standard InChI is InChI=1S/C21H38N8O8/c1-10(2)7-14(29-18(34)12(22)8-16(31)32)19(35)27-11(3)17(33)26-9-15(30)28-13(20(36)37)5-4-6-25-21(23)24/h10-14H,4-9,22H2,1-3H3,(H,26,33)(H,27,35)(H,28,30)(H,29,34)(H,31,32)(H,36,37)(H4,23,24,25)/t11-,12-,13-,14-/m0/s1. The molecule has 0 heterocycles. The molecule has 0 unspecified atom stereocenters. The van der Waals surface area contributed by atoms with Gasteiger partial charge < -0.3 is 48.7 Å². The predicted molar refractivity (Wildman–Crippen MR) is 132 cm³/mol. The monoisotopic (exact) mass is 530 g/mol. The Hall–Kier alpha value is -3.95. The van der Waals surface area contributed by atoms with E-state index in [4.69, 9.17) is 22.3 Å². The second-order valence-electron chi connectivity index (χ2n) is 8.75. The average molecular weight is 531 g/mol. The Labute approximate surface area is 214 Å². The number of nitrogens with zero attached hydrogens (tertiary/aromatic N) is 1. The van der Waals surface area contributed by atoms with Gasteiger partial charge in [0.1, 0.15) is 18.1 Å². The molecule has 0 fully saturated rings. The Morgan fingerprint density at radius 1 is 0.865 bits per heavy atom. The molecule has 0 aliphatic carbocycles. The van der Waals surface area contributed by atoms with Crippen LogP contribution < -0.4 is 38.5 Å². The molecule has 4 amide bonds. The van der Waals surface area contributed by atoms with Crippen molar-refractivity contribution in [3.63, 3.8) is 0 Å². The Morgan fingerprint density at radius 3 is 2.00 bits per heavy atom. The smallest absolute Gasteiger partial charge is 0.326 e. The fraction of sp³-hybridized carbons (Fsp3) is 0.667. The zero-order valence-electron chi connectivity index (χ0n) is 21.2. The molecule has 4 atom stereocenters. The molecule has 0 aliphatic heterocycles. The van der Waals surface area contributed by atoms with Crippen LogP contribution in [0.4, 0.5) is 0 Å². The van der Waals surface area contributed by atoms with Gasteiger partial charge in [-0.25, -0.2) is 4.79 Å². The number of amides is 4. The number of aliphatic imine (C=N–C) groups is 1. The quantitative estimate of drug-likeness (QED) is 0.0506. The SMILES string of the molecule is CC(C)C[C@H](NC(=O)[C@@H](N)CC(=O)O)C(=O)N[C@@H](C)C(=O)NCC(=O)N[C@@H](CCCN=C(N)N)C(=O)O. The van der Waals surface area contributed by atoms with Gasteiger partial charge in [0.2, 0.25) is 23.6 Å². The molecular formula is C21H38N8O8. The molecule has 16 nitrogen and oxygen atoms in total. The summed E-state index contributed by atoms with van der Waals surface area (Å²) in [6.45, 7) is 4.57. The molecule has 37 heavy (non-hydrogen) atoms. The fourth-order valence-electron chi connectivity index (χ4n) is 2.97. The summed E-state index contributed by atoms with van der Waals surface area (Å²) in [6.07, 6.45) is -0.0905. The van der Waals surface area contributed by atoms with E-state index in [9.17, 15) is 33.9 Å². The molecule has 12 N–H and O–H groups in total. The lowest BCUT2D eigenvalue weighted by molar-refractivity contribution is -0.142.